The molecule has 0 aliphatic carbocycles. The Kier molecular flexibility index (Phi) is 8.88. The fourth-order valence-electron chi connectivity index (χ4n) is 4.14. The molecule has 0 saturated carbocycles. The van der Waals surface area contributed by atoms with Gasteiger partial charge in [0, 0.05) is 7.05 Å². The lowest BCUT2D eigenvalue weighted by atomic mass is 10.0. The third kappa shape index (κ3) is 6.32. The maximum Gasteiger partial charge on any atom is 0.459 e. The molecule has 0 spiro atoms. The number of benzene rings is 1. The Balaban J connectivity index is 1.56. The molecule has 14 nitrogen and oxygen atoms in total. The Morgan fingerprint density at radius 3 is 2.65 bits per heavy atom. The summed E-state index contributed by atoms with van der Waals surface area (Å²) in [5.74, 6) is 0.00283. The van der Waals surface area contributed by atoms with E-state index < -0.39 is 49.7 Å². The number of ether oxygens (including phenoxy) is 2. The molecule has 218 valence electrons. The van der Waals surface area contributed by atoms with Crippen molar-refractivity contribution in [3.05, 3.63) is 36.7 Å². The van der Waals surface area contributed by atoms with Crippen LogP contribution in [0.4, 0.5) is 11.8 Å². The number of carbonyl (C=O) groups excluding carboxylic acids is 1. The monoisotopic (exact) mass is 597 g/mol. The second kappa shape index (κ2) is 11.9. The summed E-state index contributed by atoms with van der Waals surface area (Å²) in [6, 6.07) is 7.26. The zero-order valence-corrected chi connectivity index (χ0v) is 24.3. The summed E-state index contributed by atoms with van der Waals surface area (Å²) in [7, 11) is -2.53. The van der Waals surface area contributed by atoms with Crippen molar-refractivity contribution in [1.82, 2.24) is 24.6 Å². The number of alkyl halides is 1. The molecule has 16 heteroatoms. The van der Waals surface area contributed by atoms with Crippen molar-refractivity contribution >= 4 is 48.2 Å². The molecule has 1 saturated heterocycles. The van der Waals surface area contributed by atoms with E-state index in [2.05, 4.69) is 25.4 Å². The molecule has 0 radical (unpaired) electrons. The smallest absolute Gasteiger partial charge is 0.459 e. The van der Waals surface area contributed by atoms with Crippen LogP contribution in [0.2, 0.25) is 0 Å². The van der Waals surface area contributed by atoms with E-state index in [1.54, 1.807) is 58.2 Å². The van der Waals surface area contributed by atoms with Crippen LogP contribution < -0.4 is 20.7 Å². The number of nitrogen functional groups attached to an aromatic ring is 1. The van der Waals surface area contributed by atoms with Crippen LogP contribution in [0, 0.1) is 0 Å². The highest BCUT2D eigenvalue weighted by molar-refractivity contribution is 7.52. The summed E-state index contributed by atoms with van der Waals surface area (Å²) in [4.78, 5) is 23.7. The molecule has 40 heavy (non-hydrogen) atoms. The van der Waals surface area contributed by atoms with E-state index in [1.165, 1.54) is 17.8 Å². The third-order valence-electron chi connectivity index (χ3n) is 6.08. The fraction of sp³-hybridized carbons (Fsp3) is 0.500. The van der Waals surface area contributed by atoms with Gasteiger partial charge in [-0.3, -0.25) is 13.9 Å². The van der Waals surface area contributed by atoms with Crippen LogP contribution in [0.3, 0.4) is 0 Å². The van der Waals surface area contributed by atoms with E-state index in [0.717, 1.165) is 0 Å². The van der Waals surface area contributed by atoms with Gasteiger partial charge in [0.2, 0.25) is 5.95 Å². The zero-order chi connectivity index (χ0) is 29.2. The zero-order valence-electron chi connectivity index (χ0n) is 22.6. The summed E-state index contributed by atoms with van der Waals surface area (Å²) >= 11 is 6.79. The van der Waals surface area contributed by atoms with Crippen molar-refractivity contribution < 1.29 is 33.0 Å². The van der Waals surface area contributed by atoms with E-state index >= 15 is 0 Å². The molecular weight excluding hydrogens is 565 g/mol. The van der Waals surface area contributed by atoms with Crippen molar-refractivity contribution in [2.45, 2.75) is 63.2 Å². The third-order valence-corrected chi connectivity index (χ3v) is 8.13. The summed E-state index contributed by atoms with van der Waals surface area (Å²) in [6.07, 6.45) is -2.23. The van der Waals surface area contributed by atoms with Crippen molar-refractivity contribution in [3.8, 4) is 5.75 Å². The summed E-state index contributed by atoms with van der Waals surface area (Å²) in [5.41, 5.74) is 6.62. The molecule has 1 aliphatic heterocycles. The van der Waals surface area contributed by atoms with Gasteiger partial charge in [-0.25, -0.2) is 9.55 Å². The molecule has 0 amide bonds. The molecule has 6 unspecified atom stereocenters. The van der Waals surface area contributed by atoms with Gasteiger partial charge in [-0.05, 0) is 39.8 Å². The molecule has 1 fully saturated rings. The van der Waals surface area contributed by atoms with Gasteiger partial charge in [-0.15, -0.1) is 11.6 Å². The molecule has 5 N–H and O–H groups in total. The Morgan fingerprint density at radius 2 is 2.00 bits per heavy atom. The quantitative estimate of drug-likeness (QED) is 0.144. The van der Waals surface area contributed by atoms with E-state index in [0.29, 0.717) is 17.0 Å². The number of hydrogen-bond acceptors (Lipinski definition) is 12. The normalized spacial score (nSPS) is 25.1. The van der Waals surface area contributed by atoms with E-state index in [4.69, 9.17) is 35.9 Å². The first kappa shape index (κ1) is 30.0. The highest BCUT2D eigenvalue weighted by Gasteiger charge is 2.54. The molecule has 2 aromatic heterocycles. The number of aliphatic hydroxyl groups excluding tert-OH is 1. The van der Waals surface area contributed by atoms with Crippen molar-refractivity contribution in [3.63, 3.8) is 0 Å². The van der Waals surface area contributed by atoms with Crippen molar-refractivity contribution in [2.75, 3.05) is 24.7 Å². The molecule has 4 rings (SSSR count). The molecule has 1 aliphatic rings. The fourth-order valence-corrected chi connectivity index (χ4v) is 5.93. The molecule has 3 heterocycles. The minimum Gasteiger partial charge on any atom is -0.462 e. The number of fused-ring (bicyclic) bond motifs is 1. The summed E-state index contributed by atoms with van der Waals surface area (Å²) in [6.45, 7) is 6.04. The minimum atomic E-state index is -4.20. The lowest BCUT2D eigenvalue weighted by Gasteiger charge is -2.26. The Morgan fingerprint density at radius 1 is 1.30 bits per heavy atom. The number of nitrogens with zero attached hydrogens (tertiary/aromatic N) is 4. The number of aliphatic hydroxyl groups is 1. The number of nitrogens with one attached hydrogen (secondary N) is 2. The maximum absolute atomic E-state index is 13.8. The van der Waals surface area contributed by atoms with Gasteiger partial charge >= 0.3 is 13.7 Å². The van der Waals surface area contributed by atoms with E-state index in [9.17, 15) is 14.5 Å². The van der Waals surface area contributed by atoms with Crippen LogP contribution in [0.25, 0.3) is 11.2 Å². The van der Waals surface area contributed by atoms with Gasteiger partial charge in [0.25, 0.3) is 0 Å². The van der Waals surface area contributed by atoms with Gasteiger partial charge in [0.15, 0.2) is 23.2 Å². The van der Waals surface area contributed by atoms with Crippen LogP contribution in [-0.2, 0) is 23.4 Å². The van der Waals surface area contributed by atoms with Crippen molar-refractivity contribution in [2.24, 2.45) is 0 Å². The summed E-state index contributed by atoms with van der Waals surface area (Å²) < 4.78 is 38.0. The highest BCUT2D eigenvalue weighted by atomic mass is 35.5. The highest BCUT2D eigenvalue weighted by Crippen LogP contribution is 2.48. The number of hydrogen-bond donors (Lipinski definition) is 4. The topological polar surface area (TPSA) is 185 Å². The predicted molar refractivity (Wildman–Crippen MR) is 148 cm³/mol. The van der Waals surface area contributed by atoms with Crippen LogP contribution >= 0.6 is 19.3 Å². The van der Waals surface area contributed by atoms with Crippen LogP contribution in [0.15, 0.2) is 36.7 Å². The number of aromatic nitrogens is 4. The number of rotatable bonds is 11. The molecule has 1 aromatic carbocycles. The van der Waals surface area contributed by atoms with Gasteiger partial charge in [-0.2, -0.15) is 15.1 Å². The Hall–Kier alpha value is -3.00. The number of esters is 1. The number of para-hydroxylation sites is 1. The van der Waals surface area contributed by atoms with Gasteiger partial charge in [-0.1, -0.05) is 18.2 Å². The summed E-state index contributed by atoms with van der Waals surface area (Å²) in [5, 5.41) is 16.6. The second-order valence-corrected chi connectivity index (χ2v) is 12.2. The molecule has 0 bridgehead atoms. The van der Waals surface area contributed by atoms with E-state index in [1.807, 2.05) is 0 Å². The molecule has 3 aromatic rings. The average Bonchev–Trinajstić information content (AvgIpc) is 3.40. The molecule has 6 atom stereocenters. The standard InChI is InChI=1S/C24H33ClN7O7P/c1-13(2)37-21(34)14(3)31-40(35,39-15-9-7-6-8-10-15)36-11-16-18(33)24(4,25)22(38-16)32-12-28-17-19(27-5)29-23(26)30-20(17)32/h6-10,12-14,16,18,22,33H,11H2,1-5H3,(H,31,35)(H3,26,27,29,30). The van der Waals surface area contributed by atoms with E-state index in [-0.39, 0.29) is 17.8 Å². The largest absolute Gasteiger partial charge is 0.462 e. The SMILES string of the molecule is CNc1nc(N)nc2c1ncn2C1OC(COP(=O)(NC(C)C(=O)OC(C)C)Oc2ccccc2)C(O)C1(C)Cl. The number of halogens is 1. The molecular formula is C24H33ClN7O7P. The second-order valence-electron chi connectivity index (χ2n) is 9.66. The minimum absolute atomic E-state index is 0.00323. The van der Waals surface area contributed by atoms with Gasteiger partial charge < -0.3 is 30.2 Å². The number of imidazole rings is 1. The average molecular weight is 598 g/mol. The number of nitrogens with two attached hydrogens (primary N) is 1. The maximum atomic E-state index is 13.8. The Bertz CT molecular complexity index is 1390. The first-order chi connectivity index (χ1) is 18.8. The van der Waals surface area contributed by atoms with Gasteiger partial charge in [0.1, 0.15) is 28.9 Å². The van der Waals surface area contributed by atoms with Crippen LogP contribution in [0.5, 0.6) is 5.75 Å². The Labute approximate surface area is 236 Å². The van der Waals surface area contributed by atoms with Crippen molar-refractivity contribution in [1.29, 1.82) is 0 Å². The van der Waals surface area contributed by atoms with Crippen LogP contribution in [-0.4, -0.2) is 73.5 Å². The number of anilines is 2. The first-order valence-electron chi connectivity index (χ1n) is 12.5. The van der Waals surface area contributed by atoms with Crippen LogP contribution in [0.1, 0.15) is 33.9 Å². The lowest BCUT2D eigenvalue weighted by Crippen LogP contribution is -2.40. The predicted octanol–water partition coefficient (Wildman–Crippen LogP) is 2.84. The lowest BCUT2D eigenvalue weighted by molar-refractivity contribution is -0.149. The first-order valence-corrected chi connectivity index (χ1v) is 14.4. The number of carbonyl (C=O) groups is 1. The van der Waals surface area contributed by atoms with Gasteiger partial charge in [0.05, 0.1) is 19.0 Å².